The summed E-state index contributed by atoms with van der Waals surface area (Å²) in [6.45, 7) is 0. The number of pyridine rings is 1. The average Bonchev–Trinajstić information content (AvgIpc) is 2.71. The van der Waals surface area contributed by atoms with E-state index in [-0.39, 0.29) is 16.9 Å². The topological polar surface area (TPSA) is 143 Å². The van der Waals surface area contributed by atoms with Gasteiger partial charge in [0.05, 0.1) is 17.4 Å². The first-order chi connectivity index (χ1) is 8.49. The lowest BCUT2D eigenvalue weighted by atomic mass is 10.3. The van der Waals surface area contributed by atoms with Crippen LogP contribution in [0.25, 0.3) is 5.82 Å². The summed E-state index contributed by atoms with van der Waals surface area (Å²) < 4.78 is 1.29. The van der Waals surface area contributed by atoms with Crippen LogP contribution in [0.3, 0.4) is 0 Å². The molecule has 0 saturated carbocycles. The van der Waals surface area contributed by atoms with Crippen molar-refractivity contribution < 1.29 is 9.59 Å². The number of nitrogen functional groups attached to an aromatic ring is 1. The molecule has 0 aliphatic carbocycles. The first-order valence-corrected chi connectivity index (χ1v) is 4.90. The van der Waals surface area contributed by atoms with E-state index in [4.69, 9.17) is 17.2 Å². The highest BCUT2D eigenvalue weighted by molar-refractivity contribution is 5.95. The van der Waals surface area contributed by atoms with Gasteiger partial charge in [-0.05, 0) is 12.1 Å². The van der Waals surface area contributed by atoms with Crippen LogP contribution in [-0.4, -0.2) is 26.6 Å². The smallest absolute Gasteiger partial charge is 0.271 e. The number of nitrogens with zero attached hydrogens (tertiary/aromatic N) is 3. The molecule has 0 radical (unpaired) electrons. The summed E-state index contributed by atoms with van der Waals surface area (Å²) in [5, 5.41) is 3.89. The third kappa shape index (κ3) is 1.98. The van der Waals surface area contributed by atoms with Crippen molar-refractivity contribution in [2.75, 3.05) is 5.73 Å². The Morgan fingerprint density at radius 1 is 1.17 bits per heavy atom. The standard InChI is InChI=1S/C10H10N6O2/c11-6-4-16(15-8(6)10(13)18)7-2-1-5(3-14-7)9(12)17/h1-4H,11H2,(H2,12,17)(H2,13,18). The Bertz CT molecular complexity index is 616. The second kappa shape index (κ2) is 4.17. The lowest BCUT2D eigenvalue weighted by Crippen LogP contribution is -2.14. The van der Waals surface area contributed by atoms with Crippen molar-refractivity contribution in [1.29, 1.82) is 0 Å². The van der Waals surface area contributed by atoms with Crippen LogP contribution in [0.1, 0.15) is 20.8 Å². The summed E-state index contributed by atoms with van der Waals surface area (Å²) in [5.74, 6) is -0.911. The summed E-state index contributed by atoms with van der Waals surface area (Å²) in [4.78, 5) is 25.8. The molecule has 8 heteroatoms. The van der Waals surface area contributed by atoms with Crippen LogP contribution in [0.15, 0.2) is 24.5 Å². The number of nitrogens with two attached hydrogens (primary N) is 3. The van der Waals surface area contributed by atoms with E-state index in [1.54, 1.807) is 0 Å². The third-order valence-electron chi connectivity index (χ3n) is 2.24. The second-order valence-corrected chi connectivity index (χ2v) is 3.51. The molecule has 0 aromatic carbocycles. The molecule has 2 rings (SSSR count). The molecule has 2 aromatic rings. The average molecular weight is 246 g/mol. The van der Waals surface area contributed by atoms with Crippen molar-refractivity contribution >= 4 is 17.5 Å². The molecule has 2 aromatic heterocycles. The number of anilines is 1. The van der Waals surface area contributed by atoms with Gasteiger partial charge in [0.15, 0.2) is 11.5 Å². The summed E-state index contributed by atoms with van der Waals surface area (Å²) in [6.07, 6.45) is 2.71. The summed E-state index contributed by atoms with van der Waals surface area (Å²) in [6, 6.07) is 3.02. The third-order valence-corrected chi connectivity index (χ3v) is 2.24. The molecule has 0 atom stereocenters. The Morgan fingerprint density at radius 2 is 1.89 bits per heavy atom. The molecular weight excluding hydrogens is 236 g/mol. The highest BCUT2D eigenvalue weighted by Gasteiger charge is 2.12. The molecule has 2 amide bonds. The zero-order valence-corrected chi connectivity index (χ0v) is 9.20. The van der Waals surface area contributed by atoms with Gasteiger partial charge in [-0.2, -0.15) is 5.10 Å². The number of amides is 2. The van der Waals surface area contributed by atoms with Crippen molar-refractivity contribution in [3.8, 4) is 5.82 Å². The SMILES string of the molecule is NC(=O)c1ccc(-n2cc(N)c(C(N)=O)n2)nc1. The van der Waals surface area contributed by atoms with Gasteiger partial charge in [-0.15, -0.1) is 0 Å². The monoisotopic (exact) mass is 246 g/mol. The Hall–Kier alpha value is -2.90. The molecule has 18 heavy (non-hydrogen) atoms. The van der Waals surface area contributed by atoms with E-state index in [1.165, 1.54) is 29.2 Å². The summed E-state index contributed by atoms with van der Waals surface area (Å²) in [7, 11) is 0. The number of primary amides is 2. The summed E-state index contributed by atoms with van der Waals surface area (Å²) >= 11 is 0. The van der Waals surface area contributed by atoms with Crippen molar-refractivity contribution in [3.05, 3.63) is 35.8 Å². The fourth-order valence-electron chi connectivity index (χ4n) is 1.36. The zero-order chi connectivity index (χ0) is 13.3. The predicted molar refractivity (Wildman–Crippen MR) is 62.8 cm³/mol. The van der Waals surface area contributed by atoms with Crippen LogP contribution in [0.2, 0.25) is 0 Å². The van der Waals surface area contributed by atoms with Gasteiger partial charge < -0.3 is 17.2 Å². The molecule has 0 spiro atoms. The van der Waals surface area contributed by atoms with Crippen LogP contribution in [0.5, 0.6) is 0 Å². The van der Waals surface area contributed by atoms with E-state index in [0.717, 1.165) is 0 Å². The predicted octanol–water partition coefficient (Wildman–Crippen LogP) is -0.953. The van der Waals surface area contributed by atoms with E-state index in [1.807, 2.05) is 0 Å². The largest absolute Gasteiger partial charge is 0.396 e. The van der Waals surface area contributed by atoms with Crippen LogP contribution in [-0.2, 0) is 0 Å². The van der Waals surface area contributed by atoms with E-state index in [9.17, 15) is 9.59 Å². The van der Waals surface area contributed by atoms with Gasteiger partial charge in [-0.25, -0.2) is 9.67 Å². The van der Waals surface area contributed by atoms with Gasteiger partial charge in [-0.3, -0.25) is 9.59 Å². The van der Waals surface area contributed by atoms with Crippen LogP contribution in [0.4, 0.5) is 5.69 Å². The number of aromatic nitrogens is 3. The fraction of sp³-hybridized carbons (Fsp3) is 0. The van der Waals surface area contributed by atoms with Gasteiger partial charge in [0.2, 0.25) is 5.91 Å². The molecule has 92 valence electrons. The number of carbonyl (C=O) groups excluding carboxylic acids is 2. The maximum atomic E-state index is 11.0. The van der Waals surface area contributed by atoms with E-state index in [0.29, 0.717) is 5.82 Å². The molecule has 0 aliphatic rings. The zero-order valence-electron chi connectivity index (χ0n) is 9.20. The fourth-order valence-corrected chi connectivity index (χ4v) is 1.36. The van der Waals surface area contributed by atoms with Gasteiger partial charge in [0, 0.05) is 6.20 Å². The second-order valence-electron chi connectivity index (χ2n) is 3.51. The number of rotatable bonds is 3. The maximum Gasteiger partial charge on any atom is 0.271 e. The van der Waals surface area contributed by atoms with Crippen molar-refractivity contribution in [2.45, 2.75) is 0 Å². The minimum Gasteiger partial charge on any atom is -0.396 e. The minimum absolute atomic E-state index is 0.0317. The first kappa shape index (κ1) is 11.6. The normalized spacial score (nSPS) is 10.2. The van der Waals surface area contributed by atoms with Crippen molar-refractivity contribution in [1.82, 2.24) is 14.8 Å². The highest BCUT2D eigenvalue weighted by Crippen LogP contribution is 2.12. The number of hydrogen-bond acceptors (Lipinski definition) is 5. The molecule has 0 unspecified atom stereocenters. The highest BCUT2D eigenvalue weighted by atomic mass is 16.1. The van der Waals surface area contributed by atoms with Crippen LogP contribution >= 0.6 is 0 Å². The van der Waals surface area contributed by atoms with Crippen LogP contribution in [0, 0.1) is 0 Å². The Balaban J connectivity index is 2.40. The van der Waals surface area contributed by atoms with E-state index in [2.05, 4.69) is 10.1 Å². The molecule has 0 saturated heterocycles. The molecular formula is C10H10N6O2. The quantitative estimate of drug-likeness (QED) is 0.639. The summed E-state index contributed by atoms with van der Waals surface area (Å²) in [5.41, 5.74) is 16.1. The molecule has 2 heterocycles. The van der Waals surface area contributed by atoms with E-state index < -0.39 is 11.8 Å². The van der Waals surface area contributed by atoms with Gasteiger partial charge in [-0.1, -0.05) is 0 Å². The maximum absolute atomic E-state index is 11.0. The minimum atomic E-state index is -0.722. The van der Waals surface area contributed by atoms with Gasteiger partial charge >= 0.3 is 0 Å². The molecule has 6 N–H and O–H groups in total. The number of carbonyl (C=O) groups is 2. The lowest BCUT2D eigenvalue weighted by molar-refractivity contribution is 0.0989. The van der Waals surface area contributed by atoms with E-state index >= 15 is 0 Å². The van der Waals surface area contributed by atoms with Crippen LogP contribution < -0.4 is 17.2 Å². The Labute approximate surface area is 101 Å². The van der Waals surface area contributed by atoms with Gasteiger partial charge in [0.25, 0.3) is 5.91 Å². The Morgan fingerprint density at radius 3 is 2.33 bits per heavy atom. The first-order valence-electron chi connectivity index (χ1n) is 4.90. The molecule has 8 nitrogen and oxygen atoms in total. The molecule has 0 aliphatic heterocycles. The van der Waals surface area contributed by atoms with Crippen molar-refractivity contribution in [2.24, 2.45) is 11.5 Å². The van der Waals surface area contributed by atoms with Crippen molar-refractivity contribution in [3.63, 3.8) is 0 Å². The van der Waals surface area contributed by atoms with Gasteiger partial charge in [0.1, 0.15) is 0 Å². The Kier molecular flexibility index (Phi) is 2.68. The molecule has 0 bridgehead atoms. The number of hydrogen-bond donors (Lipinski definition) is 3. The lowest BCUT2D eigenvalue weighted by Gasteiger charge is -2.00. The molecule has 0 fully saturated rings.